The van der Waals surface area contributed by atoms with Crippen molar-refractivity contribution in [1.82, 2.24) is 4.98 Å². The summed E-state index contributed by atoms with van der Waals surface area (Å²) in [6.07, 6.45) is 1.54. The van der Waals surface area contributed by atoms with Gasteiger partial charge in [0.2, 0.25) is 10.0 Å². The molecule has 1 N–H and O–H groups in total. The topological polar surface area (TPSA) is 106 Å². The van der Waals surface area contributed by atoms with Crippen molar-refractivity contribution in [2.75, 3.05) is 35.1 Å². The van der Waals surface area contributed by atoms with Gasteiger partial charge in [-0.2, -0.15) is 0 Å². The predicted octanol–water partition coefficient (Wildman–Crippen LogP) is 3.35. The number of benzene rings is 1. The highest BCUT2D eigenvalue weighted by Crippen LogP contribution is 2.31. The molecule has 8 nitrogen and oxygen atoms in total. The first-order chi connectivity index (χ1) is 14.7. The Balaban J connectivity index is 1.57. The third kappa shape index (κ3) is 5.62. The fourth-order valence-corrected chi connectivity index (χ4v) is 5.06. The van der Waals surface area contributed by atoms with Crippen LogP contribution < -0.4 is 9.62 Å². The zero-order valence-corrected chi connectivity index (χ0v) is 19.5. The molecule has 2 heterocycles. The van der Waals surface area contributed by atoms with Crippen LogP contribution in [0.3, 0.4) is 0 Å². The summed E-state index contributed by atoms with van der Waals surface area (Å²) >= 11 is 1.32. The molecule has 10 heteroatoms. The molecule has 0 radical (unpaired) electrons. The summed E-state index contributed by atoms with van der Waals surface area (Å²) in [5, 5.41) is 5.41. The van der Waals surface area contributed by atoms with E-state index in [2.05, 4.69) is 24.1 Å². The highest BCUT2D eigenvalue weighted by atomic mass is 32.2. The number of rotatable bonds is 10. The third-order valence-electron chi connectivity index (χ3n) is 5.00. The summed E-state index contributed by atoms with van der Waals surface area (Å²) in [7, 11) is -3.34. The van der Waals surface area contributed by atoms with Crippen molar-refractivity contribution in [3.63, 3.8) is 0 Å². The molecule has 0 bridgehead atoms. The van der Waals surface area contributed by atoms with Crippen LogP contribution in [-0.2, 0) is 21.2 Å². The lowest BCUT2D eigenvalue weighted by molar-refractivity contribution is 0.0470. The van der Waals surface area contributed by atoms with E-state index < -0.39 is 22.6 Å². The number of carbonyl (C=O) groups is 2. The number of nitrogens with zero attached hydrogens (tertiary/aromatic N) is 2. The van der Waals surface area contributed by atoms with Crippen molar-refractivity contribution in [3.05, 3.63) is 40.4 Å². The maximum Gasteiger partial charge on any atom is 0.358 e. The molecule has 2 aromatic rings. The van der Waals surface area contributed by atoms with E-state index >= 15 is 0 Å². The molecule has 0 aliphatic carbocycles. The van der Waals surface area contributed by atoms with Gasteiger partial charge in [-0.25, -0.2) is 18.2 Å². The summed E-state index contributed by atoms with van der Waals surface area (Å²) < 4.78 is 30.9. The van der Waals surface area contributed by atoms with Crippen LogP contribution in [0.5, 0.6) is 0 Å². The van der Waals surface area contributed by atoms with Gasteiger partial charge in [0, 0.05) is 24.0 Å². The fourth-order valence-electron chi connectivity index (χ4n) is 3.19. The van der Waals surface area contributed by atoms with Crippen LogP contribution in [-0.4, -0.2) is 50.6 Å². The Bertz CT molecular complexity index is 1060. The highest BCUT2D eigenvalue weighted by Gasteiger charge is 2.28. The second kappa shape index (κ2) is 9.78. The van der Waals surface area contributed by atoms with Crippen molar-refractivity contribution in [2.45, 2.75) is 33.6 Å². The normalized spacial score (nSPS) is 13.4. The molecule has 31 heavy (non-hydrogen) atoms. The van der Waals surface area contributed by atoms with Gasteiger partial charge in [0.05, 0.1) is 11.4 Å². The zero-order chi connectivity index (χ0) is 22.6. The number of anilines is 2. The molecule has 0 saturated heterocycles. The van der Waals surface area contributed by atoms with Crippen LogP contribution in [0.1, 0.15) is 53.6 Å². The number of nitrogens with one attached hydrogen (secondary N) is 1. The quantitative estimate of drug-likeness (QED) is 0.424. The van der Waals surface area contributed by atoms with Crippen LogP contribution in [0.15, 0.2) is 23.6 Å². The van der Waals surface area contributed by atoms with Gasteiger partial charge in [0.15, 0.2) is 23.2 Å². The summed E-state index contributed by atoms with van der Waals surface area (Å²) in [4.78, 5) is 28.9. The number of sulfonamides is 1. The fraction of sp³-hybridized carbons (Fsp3) is 0.476. The lowest BCUT2D eigenvalue weighted by atomic mass is 10.1. The van der Waals surface area contributed by atoms with E-state index in [1.165, 1.54) is 15.6 Å². The third-order valence-corrected chi connectivity index (χ3v) is 7.58. The number of fused-ring (bicyclic) bond motifs is 1. The van der Waals surface area contributed by atoms with Crippen LogP contribution in [0.2, 0.25) is 0 Å². The first-order valence-electron chi connectivity index (χ1n) is 10.2. The summed E-state index contributed by atoms with van der Waals surface area (Å²) in [6.45, 7) is 6.61. The average Bonchev–Trinajstić information content (AvgIpc) is 3.38. The molecule has 0 saturated carbocycles. The second-order valence-corrected chi connectivity index (χ2v) is 10.8. The van der Waals surface area contributed by atoms with Gasteiger partial charge < -0.3 is 10.1 Å². The predicted molar refractivity (Wildman–Crippen MR) is 122 cm³/mol. The molecule has 0 unspecified atom stereocenters. The number of ether oxygens (including phenoxy) is 1. The zero-order valence-electron chi connectivity index (χ0n) is 17.9. The Morgan fingerprint density at radius 3 is 2.81 bits per heavy atom. The maximum absolute atomic E-state index is 12.5. The van der Waals surface area contributed by atoms with Crippen molar-refractivity contribution in [1.29, 1.82) is 0 Å². The van der Waals surface area contributed by atoms with Crippen molar-refractivity contribution in [3.8, 4) is 0 Å². The van der Waals surface area contributed by atoms with Gasteiger partial charge in [0.25, 0.3) is 0 Å². The largest absolute Gasteiger partial charge is 0.453 e. The SMILES string of the molecule is CCS(=O)(=O)N1CCc2cc(C(=O)COC(=O)c3csc(NCCC(C)C)n3)ccc21. The standard InChI is InChI=1S/C21H27N3O5S2/c1-4-31(27,28)24-10-8-15-11-16(5-6-18(15)24)19(25)12-29-20(26)17-13-30-21(23-17)22-9-7-14(2)3/h5-6,11,13-14H,4,7-10,12H2,1-3H3,(H,22,23). The second-order valence-electron chi connectivity index (χ2n) is 7.71. The molecular weight excluding hydrogens is 438 g/mol. The van der Waals surface area contributed by atoms with Gasteiger partial charge in [-0.3, -0.25) is 9.10 Å². The minimum atomic E-state index is -3.34. The number of hydrogen-bond acceptors (Lipinski definition) is 8. The highest BCUT2D eigenvalue weighted by molar-refractivity contribution is 7.92. The van der Waals surface area contributed by atoms with Crippen LogP contribution in [0, 0.1) is 5.92 Å². The maximum atomic E-state index is 12.5. The molecule has 0 fully saturated rings. The molecule has 1 aliphatic rings. The van der Waals surface area contributed by atoms with Gasteiger partial charge >= 0.3 is 5.97 Å². The Morgan fingerprint density at radius 2 is 2.10 bits per heavy atom. The molecule has 0 atom stereocenters. The summed E-state index contributed by atoms with van der Waals surface area (Å²) in [6, 6.07) is 4.88. The van der Waals surface area contributed by atoms with E-state index in [0.29, 0.717) is 35.3 Å². The molecule has 1 aromatic carbocycles. The number of thiazole rings is 1. The Morgan fingerprint density at radius 1 is 1.32 bits per heavy atom. The van der Waals surface area contributed by atoms with Gasteiger partial charge in [-0.15, -0.1) is 11.3 Å². The smallest absolute Gasteiger partial charge is 0.358 e. The van der Waals surface area contributed by atoms with E-state index in [9.17, 15) is 18.0 Å². The molecule has 3 rings (SSSR count). The molecule has 1 aromatic heterocycles. The first-order valence-corrected chi connectivity index (χ1v) is 12.7. The number of esters is 1. The lowest BCUT2D eigenvalue weighted by Crippen LogP contribution is -2.30. The summed E-state index contributed by atoms with van der Waals surface area (Å²) in [5.41, 5.74) is 1.96. The van der Waals surface area contributed by atoms with E-state index in [1.54, 1.807) is 30.5 Å². The molecule has 0 spiro atoms. The summed E-state index contributed by atoms with van der Waals surface area (Å²) in [5.74, 6) is -0.406. The van der Waals surface area contributed by atoms with Crippen molar-refractivity contribution >= 4 is 43.9 Å². The monoisotopic (exact) mass is 465 g/mol. The number of hydrogen-bond donors (Lipinski definition) is 1. The van der Waals surface area contributed by atoms with E-state index in [4.69, 9.17) is 4.74 Å². The number of ketones is 1. The van der Waals surface area contributed by atoms with Crippen LogP contribution >= 0.6 is 11.3 Å². The average molecular weight is 466 g/mol. The molecular formula is C21H27N3O5S2. The Labute approximate surface area is 186 Å². The van der Waals surface area contributed by atoms with Gasteiger partial charge in [-0.05, 0) is 49.4 Å². The van der Waals surface area contributed by atoms with E-state index in [0.717, 1.165) is 18.5 Å². The van der Waals surface area contributed by atoms with E-state index in [-0.39, 0.29) is 17.2 Å². The number of carbonyl (C=O) groups excluding carboxylic acids is 2. The first kappa shape index (κ1) is 23.2. The van der Waals surface area contributed by atoms with Crippen LogP contribution in [0.25, 0.3) is 0 Å². The van der Waals surface area contributed by atoms with Crippen molar-refractivity contribution in [2.24, 2.45) is 5.92 Å². The Kier molecular flexibility index (Phi) is 7.32. The molecule has 0 amide bonds. The Hall–Kier alpha value is -2.46. The lowest BCUT2D eigenvalue weighted by Gasteiger charge is -2.18. The van der Waals surface area contributed by atoms with Gasteiger partial charge in [0.1, 0.15) is 0 Å². The van der Waals surface area contributed by atoms with E-state index in [1.807, 2.05) is 0 Å². The number of aromatic nitrogens is 1. The van der Waals surface area contributed by atoms with Crippen molar-refractivity contribution < 1.29 is 22.7 Å². The minimum Gasteiger partial charge on any atom is -0.453 e. The molecule has 1 aliphatic heterocycles. The molecule has 168 valence electrons. The van der Waals surface area contributed by atoms with Crippen LogP contribution in [0.4, 0.5) is 10.8 Å². The minimum absolute atomic E-state index is 0.0225. The number of Topliss-reactive ketones (excluding diaryl/α,β-unsaturated/α-hetero) is 1. The van der Waals surface area contributed by atoms with Gasteiger partial charge in [-0.1, -0.05) is 13.8 Å².